The highest BCUT2D eigenvalue weighted by Crippen LogP contribution is 2.35. The summed E-state index contributed by atoms with van der Waals surface area (Å²) in [4.78, 5) is 12.3. The van der Waals surface area contributed by atoms with Crippen LogP contribution in [-0.2, 0) is 0 Å². The van der Waals surface area contributed by atoms with Gasteiger partial charge in [0, 0.05) is 12.1 Å². The van der Waals surface area contributed by atoms with Crippen LogP contribution in [0.3, 0.4) is 0 Å². The first-order valence-electron chi connectivity index (χ1n) is 7.76. The Labute approximate surface area is 124 Å². The number of rotatable bonds is 4. The van der Waals surface area contributed by atoms with Gasteiger partial charge in [-0.25, -0.2) is 0 Å². The van der Waals surface area contributed by atoms with E-state index in [1.807, 2.05) is 0 Å². The van der Waals surface area contributed by atoms with E-state index in [1.165, 1.54) is 0 Å². The Kier molecular flexibility index (Phi) is 4.26. The van der Waals surface area contributed by atoms with Gasteiger partial charge < -0.3 is 20.3 Å². The largest absolute Gasteiger partial charge is 0.393 e. The Morgan fingerprint density at radius 1 is 1.43 bits per heavy atom. The summed E-state index contributed by atoms with van der Waals surface area (Å²) < 4.78 is 5.04. The minimum absolute atomic E-state index is 0.119. The molecule has 2 aliphatic rings. The first kappa shape index (κ1) is 14.5. The average molecular weight is 293 g/mol. The van der Waals surface area contributed by atoms with Gasteiger partial charge in [-0.1, -0.05) is 5.16 Å². The van der Waals surface area contributed by atoms with Crippen molar-refractivity contribution in [2.75, 3.05) is 13.1 Å². The van der Waals surface area contributed by atoms with E-state index in [-0.39, 0.29) is 23.8 Å². The fraction of sp³-hybridized carbons (Fsp3) is 0.733. The molecule has 2 heterocycles. The third-order valence-electron chi connectivity index (χ3n) is 4.70. The second-order valence-electron chi connectivity index (χ2n) is 6.30. The van der Waals surface area contributed by atoms with Gasteiger partial charge in [0.25, 0.3) is 5.91 Å². The molecule has 116 valence electrons. The second-order valence-corrected chi connectivity index (χ2v) is 6.30. The number of amides is 1. The van der Waals surface area contributed by atoms with Crippen molar-refractivity contribution in [3.63, 3.8) is 0 Å². The molecule has 1 aliphatic heterocycles. The minimum Gasteiger partial charge on any atom is -0.393 e. The molecule has 0 radical (unpaired) electrons. The van der Waals surface area contributed by atoms with Crippen LogP contribution >= 0.6 is 0 Å². The fourth-order valence-electron chi connectivity index (χ4n) is 3.44. The number of piperidine rings is 1. The quantitative estimate of drug-likeness (QED) is 0.766. The first-order valence-corrected chi connectivity index (χ1v) is 7.76. The van der Waals surface area contributed by atoms with Gasteiger partial charge in [-0.05, 0) is 57.5 Å². The van der Waals surface area contributed by atoms with Crippen LogP contribution in [0.5, 0.6) is 0 Å². The molecule has 6 heteroatoms. The van der Waals surface area contributed by atoms with Gasteiger partial charge >= 0.3 is 0 Å². The third-order valence-corrected chi connectivity index (χ3v) is 4.70. The maximum Gasteiger partial charge on any atom is 0.290 e. The van der Waals surface area contributed by atoms with Gasteiger partial charge in [0.15, 0.2) is 0 Å². The number of aromatic nitrogens is 1. The van der Waals surface area contributed by atoms with Crippen LogP contribution in [0.2, 0.25) is 0 Å². The van der Waals surface area contributed by atoms with Gasteiger partial charge in [-0.2, -0.15) is 0 Å². The highest BCUT2D eigenvalue weighted by Gasteiger charge is 2.39. The van der Waals surface area contributed by atoms with Crippen molar-refractivity contribution in [3.05, 3.63) is 17.5 Å². The summed E-state index contributed by atoms with van der Waals surface area (Å²) in [7, 11) is 0. The van der Waals surface area contributed by atoms with Crippen molar-refractivity contribution in [2.45, 2.75) is 44.8 Å². The van der Waals surface area contributed by atoms with Crippen LogP contribution < -0.4 is 10.6 Å². The fourth-order valence-corrected chi connectivity index (χ4v) is 3.44. The maximum absolute atomic E-state index is 12.3. The smallest absolute Gasteiger partial charge is 0.290 e. The van der Waals surface area contributed by atoms with Gasteiger partial charge in [-0.3, -0.25) is 4.79 Å². The molecule has 0 spiro atoms. The minimum atomic E-state index is -0.205. The predicted octanol–water partition coefficient (Wildman–Crippen LogP) is 0.852. The van der Waals surface area contributed by atoms with E-state index in [1.54, 1.807) is 13.0 Å². The normalized spacial score (nSPS) is 27.9. The van der Waals surface area contributed by atoms with Crippen molar-refractivity contribution >= 4 is 5.91 Å². The maximum atomic E-state index is 12.3. The zero-order chi connectivity index (χ0) is 14.8. The molecule has 0 bridgehead atoms. The molecule has 1 saturated carbocycles. The van der Waals surface area contributed by atoms with Crippen LogP contribution in [0, 0.1) is 18.8 Å². The molecule has 0 aromatic carbocycles. The summed E-state index contributed by atoms with van der Waals surface area (Å²) in [6.45, 7) is 3.79. The van der Waals surface area contributed by atoms with Gasteiger partial charge in [-0.15, -0.1) is 0 Å². The lowest BCUT2D eigenvalue weighted by molar-refractivity contribution is 0.00881. The second kappa shape index (κ2) is 6.15. The van der Waals surface area contributed by atoms with E-state index in [0.717, 1.165) is 38.8 Å². The Balaban J connectivity index is 1.67. The first-order chi connectivity index (χ1) is 10.1. The van der Waals surface area contributed by atoms with Gasteiger partial charge in [0.2, 0.25) is 5.76 Å². The van der Waals surface area contributed by atoms with Crippen LogP contribution in [0.1, 0.15) is 41.9 Å². The molecule has 1 saturated heterocycles. The van der Waals surface area contributed by atoms with E-state index in [9.17, 15) is 9.90 Å². The highest BCUT2D eigenvalue weighted by atomic mass is 16.5. The molecular formula is C15H23N3O3. The van der Waals surface area contributed by atoms with Gasteiger partial charge in [0.05, 0.1) is 11.8 Å². The molecule has 1 amide bonds. The number of aliphatic hydroxyl groups excluding tert-OH is 1. The number of nitrogens with one attached hydrogen (secondary N) is 2. The molecule has 3 rings (SSSR count). The van der Waals surface area contributed by atoms with E-state index >= 15 is 0 Å². The Hall–Kier alpha value is -1.40. The topological polar surface area (TPSA) is 87.4 Å². The summed E-state index contributed by atoms with van der Waals surface area (Å²) in [5, 5.41) is 19.8. The van der Waals surface area contributed by atoms with Crippen LogP contribution in [0.25, 0.3) is 0 Å². The number of carbonyl (C=O) groups excluding carboxylic acids is 1. The lowest BCUT2D eigenvalue weighted by atomic mass is 9.71. The lowest BCUT2D eigenvalue weighted by Crippen LogP contribution is -2.52. The SMILES string of the molecule is Cc1cc(C(=O)NC(C2CCNCC2)C2CC(O)C2)on1. The number of hydrogen-bond acceptors (Lipinski definition) is 5. The van der Waals surface area contributed by atoms with Crippen molar-refractivity contribution in [3.8, 4) is 0 Å². The van der Waals surface area contributed by atoms with Crippen LogP contribution in [0.15, 0.2) is 10.6 Å². The van der Waals surface area contributed by atoms with E-state index in [0.29, 0.717) is 17.5 Å². The summed E-state index contributed by atoms with van der Waals surface area (Å²) in [5.74, 6) is 0.916. The molecule has 3 N–H and O–H groups in total. The molecule has 1 atom stereocenters. The zero-order valence-corrected chi connectivity index (χ0v) is 12.3. The van der Waals surface area contributed by atoms with Crippen molar-refractivity contribution in [1.82, 2.24) is 15.8 Å². The Bertz CT molecular complexity index is 490. The highest BCUT2D eigenvalue weighted by molar-refractivity contribution is 5.91. The number of carbonyl (C=O) groups is 1. The number of aliphatic hydroxyl groups is 1. The number of aryl methyl sites for hydroxylation is 1. The van der Waals surface area contributed by atoms with Crippen LogP contribution in [0.4, 0.5) is 0 Å². The average Bonchev–Trinajstić information content (AvgIpc) is 2.89. The summed E-state index contributed by atoms with van der Waals surface area (Å²) >= 11 is 0. The molecular weight excluding hydrogens is 270 g/mol. The molecule has 1 aromatic heterocycles. The predicted molar refractivity (Wildman–Crippen MR) is 76.8 cm³/mol. The van der Waals surface area contributed by atoms with E-state index in [2.05, 4.69) is 15.8 Å². The number of hydrogen-bond donors (Lipinski definition) is 3. The van der Waals surface area contributed by atoms with Crippen LogP contribution in [-0.4, -0.2) is 41.4 Å². The van der Waals surface area contributed by atoms with E-state index < -0.39 is 0 Å². The monoisotopic (exact) mass is 293 g/mol. The summed E-state index contributed by atoms with van der Waals surface area (Å²) in [5.41, 5.74) is 0.706. The molecule has 2 fully saturated rings. The Morgan fingerprint density at radius 2 is 2.14 bits per heavy atom. The molecule has 1 aromatic rings. The molecule has 1 aliphatic carbocycles. The summed E-state index contributed by atoms with van der Waals surface area (Å²) in [6, 6.07) is 1.78. The lowest BCUT2D eigenvalue weighted by Gasteiger charge is -2.42. The van der Waals surface area contributed by atoms with E-state index in [4.69, 9.17) is 4.52 Å². The van der Waals surface area contributed by atoms with Crippen molar-refractivity contribution in [1.29, 1.82) is 0 Å². The molecule has 21 heavy (non-hydrogen) atoms. The zero-order valence-electron chi connectivity index (χ0n) is 12.3. The third kappa shape index (κ3) is 3.27. The van der Waals surface area contributed by atoms with Gasteiger partial charge in [0.1, 0.15) is 0 Å². The van der Waals surface area contributed by atoms with Crippen molar-refractivity contribution < 1.29 is 14.4 Å². The molecule has 1 unspecified atom stereocenters. The van der Waals surface area contributed by atoms with Crippen molar-refractivity contribution in [2.24, 2.45) is 11.8 Å². The summed E-state index contributed by atoms with van der Waals surface area (Å²) in [6.07, 6.45) is 3.48. The Morgan fingerprint density at radius 3 is 2.71 bits per heavy atom. The number of nitrogens with zero attached hydrogens (tertiary/aromatic N) is 1. The molecule has 6 nitrogen and oxygen atoms in total. The standard InChI is InChI=1S/C15H23N3O3/c1-9-6-13(21-18-9)15(20)17-14(11-7-12(19)8-11)10-2-4-16-5-3-10/h6,10-12,14,16,19H,2-5,7-8H2,1H3,(H,17,20).